The van der Waals surface area contributed by atoms with Crippen LogP contribution in [0.3, 0.4) is 0 Å². The quantitative estimate of drug-likeness (QED) is 0.688. The Morgan fingerprint density at radius 2 is 1.69 bits per heavy atom. The van der Waals surface area contributed by atoms with Gasteiger partial charge in [0.2, 0.25) is 0 Å². The van der Waals surface area contributed by atoms with Gasteiger partial charge >= 0.3 is 5.97 Å². The summed E-state index contributed by atoms with van der Waals surface area (Å²) in [4.78, 5) is 26.2. The number of carboxylic acids is 1. The number of halogens is 1. The van der Waals surface area contributed by atoms with Gasteiger partial charge in [-0.05, 0) is 43.2 Å². The molecule has 2 aromatic carbocycles. The van der Waals surface area contributed by atoms with Crippen molar-refractivity contribution in [3.8, 4) is 0 Å². The molecule has 2 aromatic rings. The maximum Gasteiger partial charge on any atom is 0.337 e. The first-order valence-electron chi connectivity index (χ1n) is 8.66. The van der Waals surface area contributed by atoms with Crippen LogP contribution in [-0.2, 0) is 0 Å². The van der Waals surface area contributed by atoms with Crippen molar-refractivity contribution in [2.75, 3.05) is 23.3 Å². The molecule has 0 spiro atoms. The molecule has 2 rings (SSSR count). The van der Waals surface area contributed by atoms with E-state index in [-0.39, 0.29) is 11.5 Å². The fraction of sp³-hybridized carbons (Fsp3) is 0.300. The Morgan fingerprint density at radius 3 is 2.27 bits per heavy atom. The second-order valence-electron chi connectivity index (χ2n) is 5.96. The van der Waals surface area contributed by atoms with E-state index in [9.17, 15) is 14.7 Å². The number of hydrogen-bond acceptors (Lipinski definition) is 3. The third-order valence-corrected chi connectivity index (χ3v) is 4.26. The SMILES string of the molecule is CCCN(CCC)c1ccc(NC(=O)c2ccccc2Cl)cc1C(=O)O. The minimum absolute atomic E-state index is 0.170. The molecule has 138 valence electrons. The van der Waals surface area contributed by atoms with Gasteiger partial charge in [0.05, 0.1) is 21.8 Å². The number of benzene rings is 2. The maximum absolute atomic E-state index is 12.4. The van der Waals surface area contributed by atoms with Crippen LogP contribution in [0.4, 0.5) is 11.4 Å². The summed E-state index contributed by atoms with van der Waals surface area (Å²) in [7, 11) is 0. The molecule has 0 atom stereocenters. The first-order chi connectivity index (χ1) is 12.5. The van der Waals surface area contributed by atoms with Gasteiger partial charge < -0.3 is 15.3 Å². The van der Waals surface area contributed by atoms with Gasteiger partial charge in [-0.1, -0.05) is 37.6 Å². The van der Waals surface area contributed by atoms with Crippen molar-refractivity contribution in [2.45, 2.75) is 26.7 Å². The minimum Gasteiger partial charge on any atom is -0.478 e. The topological polar surface area (TPSA) is 69.6 Å². The molecule has 2 N–H and O–H groups in total. The highest BCUT2D eigenvalue weighted by atomic mass is 35.5. The van der Waals surface area contributed by atoms with Gasteiger partial charge in [0, 0.05) is 18.8 Å². The normalized spacial score (nSPS) is 10.4. The lowest BCUT2D eigenvalue weighted by atomic mass is 10.1. The number of carboxylic acid groups (broad SMARTS) is 1. The van der Waals surface area contributed by atoms with Gasteiger partial charge in [0.25, 0.3) is 5.91 Å². The van der Waals surface area contributed by atoms with E-state index in [0.29, 0.717) is 22.0 Å². The largest absolute Gasteiger partial charge is 0.478 e. The summed E-state index contributed by atoms with van der Waals surface area (Å²) >= 11 is 6.04. The lowest BCUT2D eigenvalue weighted by Crippen LogP contribution is -2.27. The zero-order valence-corrected chi connectivity index (χ0v) is 15.7. The van der Waals surface area contributed by atoms with E-state index in [2.05, 4.69) is 24.1 Å². The Balaban J connectivity index is 2.31. The maximum atomic E-state index is 12.4. The van der Waals surface area contributed by atoms with E-state index >= 15 is 0 Å². The first-order valence-corrected chi connectivity index (χ1v) is 9.03. The van der Waals surface area contributed by atoms with Gasteiger partial charge in [0.15, 0.2) is 0 Å². The van der Waals surface area contributed by atoms with Crippen LogP contribution < -0.4 is 10.2 Å². The number of aromatic carboxylic acids is 1. The Hall–Kier alpha value is -2.53. The van der Waals surface area contributed by atoms with E-state index in [1.807, 2.05) is 0 Å². The van der Waals surface area contributed by atoms with E-state index in [1.165, 1.54) is 6.07 Å². The van der Waals surface area contributed by atoms with Crippen LogP contribution >= 0.6 is 11.6 Å². The summed E-state index contributed by atoms with van der Waals surface area (Å²) in [6.07, 6.45) is 1.84. The molecule has 1 amide bonds. The molecule has 0 aliphatic carbocycles. The molecular formula is C20H23ClN2O3. The van der Waals surface area contributed by atoms with Crippen molar-refractivity contribution in [1.29, 1.82) is 0 Å². The van der Waals surface area contributed by atoms with E-state index in [0.717, 1.165) is 25.9 Å². The highest BCUT2D eigenvalue weighted by Gasteiger charge is 2.17. The summed E-state index contributed by atoms with van der Waals surface area (Å²) < 4.78 is 0. The lowest BCUT2D eigenvalue weighted by molar-refractivity contribution is 0.0697. The Kier molecular flexibility index (Phi) is 7.04. The monoisotopic (exact) mass is 374 g/mol. The minimum atomic E-state index is -1.02. The number of amides is 1. The fourth-order valence-corrected chi connectivity index (χ4v) is 3.02. The molecule has 5 nitrogen and oxygen atoms in total. The summed E-state index contributed by atoms with van der Waals surface area (Å²) in [6.45, 7) is 5.67. The van der Waals surface area contributed by atoms with E-state index in [1.54, 1.807) is 36.4 Å². The second-order valence-corrected chi connectivity index (χ2v) is 6.37. The smallest absolute Gasteiger partial charge is 0.337 e. The van der Waals surface area contributed by atoms with Crippen molar-refractivity contribution < 1.29 is 14.7 Å². The number of anilines is 2. The molecule has 0 aliphatic heterocycles. The van der Waals surface area contributed by atoms with Gasteiger partial charge in [0.1, 0.15) is 0 Å². The Morgan fingerprint density at radius 1 is 1.04 bits per heavy atom. The number of rotatable bonds is 8. The number of nitrogens with one attached hydrogen (secondary N) is 1. The third-order valence-electron chi connectivity index (χ3n) is 3.93. The molecule has 6 heteroatoms. The van der Waals surface area contributed by atoms with Crippen LogP contribution in [-0.4, -0.2) is 30.1 Å². The van der Waals surface area contributed by atoms with Crippen LogP contribution in [0.15, 0.2) is 42.5 Å². The van der Waals surface area contributed by atoms with Gasteiger partial charge in [-0.15, -0.1) is 0 Å². The fourth-order valence-electron chi connectivity index (χ4n) is 2.80. The van der Waals surface area contributed by atoms with Crippen LogP contribution in [0.1, 0.15) is 47.4 Å². The van der Waals surface area contributed by atoms with Crippen LogP contribution in [0.2, 0.25) is 5.02 Å². The molecule has 0 unspecified atom stereocenters. The summed E-state index contributed by atoms with van der Waals surface area (Å²) in [5.74, 6) is -1.40. The zero-order chi connectivity index (χ0) is 19.1. The lowest BCUT2D eigenvalue weighted by Gasteiger charge is -2.25. The molecule has 0 aliphatic rings. The summed E-state index contributed by atoms with van der Waals surface area (Å²) in [5, 5.41) is 12.7. The predicted molar refractivity (Wildman–Crippen MR) is 106 cm³/mol. The van der Waals surface area contributed by atoms with Gasteiger partial charge in [-0.3, -0.25) is 4.79 Å². The first kappa shape index (κ1) is 19.8. The number of carbonyl (C=O) groups is 2. The number of nitrogens with zero attached hydrogens (tertiary/aromatic N) is 1. The van der Waals surface area contributed by atoms with Crippen molar-refractivity contribution in [3.63, 3.8) is 0 Å². The van der Waals surface area contributed by atoms with E-state index < -0.39 is 5.97 Å². The van der Waals surface area contributed by atoms with Crippen LogP contribution in [0, 0.1) is 0 Å². The molecule has 0 aromatic heterocycles. The Bertz CT molecular complexity index is 786. The van der Waals surface area contributed by atoms with Crippen molar-refractivity contribution in [1.82, 2.24) is 0 Å². The molecule has 0 saturated heterocycles. The molecule has 0 radical (unpaired) electrons. The second kappa shape index (κ2) is 9.25. The van der Waals surface area contributed by atoms with Crippen LogP contribution in [0.5, 0.6) is 0 Å². The number of hydrogen-bond donors (Lipinski definition) is 2. The van der Waals surface area contributed by atoms with Crippen LogP contribution in [0.25, 0.3) is 0 Å². The van der Waals surface area contributed by atoms with Gasteiger partial charge in [-0.25, -0.2) is 4.79 Å². The van der Waals surface area contributed by atoms with E-state index in [4.69, 9.17) is 11.6 Å². The molecule has 0 heterocycles. The van der Waals surface area contributed by atoms with Crippen molar-refractivity contribution in [2.24, 2.45) is 0 Å². The average Bonchev–Trinajstić information content (AvgIpc) is 2.61. The summed E-state index contributed by atoms with van der Waals surface area (Å²) in [6, 6.07) is 11.7. The van der Waals surface area contributed by atoms with Crippen molar-refractivity contribution >= 4 is 34.9 Å². The highest BCUT2D eigenvalue weighted by molar-refractivity contribution is 6.34. The molecule has 0 saturated carbocycles. The predicted octanol–water partition coefficient (Wildman–Crippen LogP) is 4.92. The molecular weight excluding hydrogens is 352 g/mol. The molecule has 0 bridgehead atoms. The number of carbonyl (C=O) groups excluding carboxylic acids is 1. The Labute approximate surface area is 158 Å². The highest BCUT2D eigenvalue weighted by Crippen LogP contribution is 2.26. The standard InChI is InChI=1S/C20H23ClN2O3/c1-3-11-23(12-4-2)18-10-9-14(13-16(18)20(25)26)22-19(24)15-7-5-6-8-17(15)21/h5-10,13H,3-4,11-12H2,1-2H3,(H,22,24)(H,25,26). The third kappa shape index (κ3) is 4.76. The van der Waals surface area contributed by atoms with Crippen molar-refractivity contribution in [3.05, 3.63) is 58.6 Å². The zero-order valence-electron chi connectivity index (χ0n) is 15.0. The van der Waals surface area contributed by atoms with Gasteiger partial charge in [-0.2, -0.15) is 0 Å². The summed E-state index contributed by atoms with van der Waals surface area (Å²) in [5.41, 5.74) is 1.60. The molecule has 0 fully saturated rings. The molecule has 26 heavy (non-hydrogen) atoms. The average molecular weight is 375 g/mol.